The Bertz CT molecular complexity index is 307. The number of ketones is 1. The second kappa shape index (κ2) is 3.43. The second-order valence-corrected chi connectivity index (χ2v) is 2.72. The molecule has 0 aliphatic carbocycles. The molecule has 0 atom stereocenters. The number of hydrogen-bond acceptors (Lipinski definition) is 3. The van der Waals surface area contributed by atoms with Crippen molar-refractivity contribution in [2.24, 2.45) is 0 Å². The van der Waals surface area contributed by atoms with Crippen molar-refractivity contribution in [2.75, 3.05) is 0 Å². The summed E-state index contributed by atoms with van der Waals surface area (Å²) >= 11 is 0. The zero-order chi connectivity index (χ0) is 9.14. The van der Waals surface area contributed by atoms with E-state index < -0.39 is 0 Å². The maximum Gasteiger partial charge on any atom is 0.182 e. The largest absolute Gasteiger partial charge is 0.292 e. The second-order valence-electron chi connectivity index (χ2n) is 2.72. The topological polar surface area (TPSA) is 42.9 Å². The molecule has 0 aliphatic rings. The van der Waals surface area contributed by atoms with Crippen LogP contribution in [0.25, 0.3) is 0 Å². The van der Waals surface area contributed by atoms with Gasteiger partial charge in [0.05, 0.1) is 11.4 Å². The van der Waals surface area contributed by atoms with E-state index in [0.717, 1.165) is 11.4 Å². The van der Waals surface area contributed by atoms with Gasteiger partial charge in [0.1, 0.15) is 5.69 Å². The Balaban J connectivity index is 3.09. The van der Waals surface area contributed by atoms with Crippen LogP contribution in [0.2, 0.25) is 0 Å². The monoisotopic (exact) mass is 164 g/mol. The fourth-order valence-corrected chi connectivity index (χ4v) is 1.04. The Morgan fingerprint density at radius 3 is 2.67 bits per heavy atom. The standard InChI is InChI=1S/C9H12N2O/c1-4-8(12)9-7(3)11-6(2)5-10-9/h5H,4H2,1-3H3. The van der Waals surface area contributed by atoms with Crippen LogP contribution < -0.4 is 0 Å². The molecule has 0 saturated heterocycles. The van der Waals surface area contributed by atoms with Crippen molar-refractivity contribution in [1.82, 2.24) is 9.97 Å². The van der Waals surface area contributed by atoms with E-state index in [0.29, 0.717) is 12.1 Å². The summed E-state index contributed by atoms with van der Waals surface area (Å²) < 4.78 is 0. The van der Waals surface area contributed by atoms with E-state index >= 15 is 0 Å². The average molecular weight is 164 g/mol. The first-order valence-corrected chi connectivity index (χ1v) is 3.98. The Hall–Kier alpha value is -1.25. The van der Waals surface area contributed by atoms with Gasteiger partial charge in [0, 0.05) is 12.6 Å². The highest BCUT2D eigenvalue weighted by Gasteiger charge is 2.08. The molecule has 1 aromatic rings. The van der Waals surface area contributed by atoms with E-state index in [1.807, 2.05) is 20.8 Å². The highest BCUT2D eigenvalue weighted by molar-refractivity contribution is 5.94. The molecule has 0 bridgehead atoms. The molecule has 0 saturated carbocycles. The van der Waals surface area contributed by atoms with E-state index in [1.54, 1.807) is 6.20 Å². The normalized spacial score (nSPS) is 9.92. The summed E-state index contributed by atoms with van der Waals surface area (Å²) in [6.07, 6.45) is 2.11. The lowest BCUT2D eigenvalue weighted by Crippen LogP contribution is -2.05. The van der Waals surface area contributed by atoms with Gasteiger partial charge in [-0.05, 0) is 13.8 Å². The molecular weight excluding hydrogens is 152 g/mol. The van der Waals surface area contributed by atoms with Gasteiger partial charge >= 0.3 is 0 Å². The van der Waals surface area contributed by atoms with Crippen LogP contribution in [-0.4, -0.2) is 15.8 Å². The fourth-order valence-electron chi connectivity index (χ4n) is 1.04. The molecule has 0 spiro atoms. The lowest BCUT2D eigenvalue weighted by Gasteiger charge is -2.01. The van der Waals surface area contributed by atoms with Crippen molar-refractivity contribution in [1.29, 1.82) is 0 Å². The van der Waals surface area contributed by atoms with E-state index in [2.05, 4.69) is 9.97 Å². The molecule has 0 amide bonds. The summed E-state index contributed by atoms with van der Waals surface area (Å²) in [5.74, 6) is 0.0556. The van der Waals surface area contributed by atoms with Gasteiger partial charge in [0.15, 0.2) is 5.78 Å². The number of Topliss-reactive ketones (excluding diaryl/α,β-unsaturated/α-hetero) is 1. The molecule has 12 heavy (non-hydrogen) atoms. The first kappa shape index (κ1) is 8.84. The summed E-state index contributed by atoms with van der Waals surface area (Å²) in [5.41, 5.74) is 2.07. The molecule has 0 fully saturated rings. The zero-order valence-corrected chi connectivity index (χ0v) is 7.59. The number of nitrogens with zero attached hydrogens (tertiary/aromatic N) is 2. The number of aryl methyl sites for hydroxylation is 2. The molecular formula is C9H12N2O. The van der Waals surface area contributed by atoms with Crippen LogP contribution in [0.4, 0.5) is 0 Å². The predicted octanol–water partition coefficient (Wildman–Crippen LogP) is 1.69. The molecule has 1 rings (SSSR count). The Kier molecular flexibility index (Phi) is 2.53. The van der Waals surface area contributed by atoms with Gasteiger partial charge in [-0.25, -0.2) is 4.98 Å². The highest BCUT2D eigenvalue weighted by Crippen LogP contribution is 2.04. The van der Waals surface area contributed by atoms with E-state index in [4.69, 9.17) is 0 Å². The molecule has 1 heterocycles. The van der Waals surface area contributed by atoms with Crippen molar-refractivity contribution in [3.05, 3.63) is 23.3 Å². The number of hydrogen-bond donors (Lipinski definition) is 0. The third kappa shape index (κ3) is 1.67. The maximum atomic E-state index is 11.2. The van der Waals surface area contributed by atoms with Gasteiger partial charge in [-0.2, -0.15) is 0 Å². The van der Waals surface area contributed by atoms with Crippen LogP contribution >= 0.6 is 0 Å². The summed E-state index contributed by atoms with van der Waals surface area (Å²) in [4.78, 5) is 19.4. The lowest BCUT2D eigenvalue weighted by molar-refractivity contribution is 0.0982. The summed E-state index contributed by atoms with van der Waals surface area (Å²) in [6.45, 7) is 5.49. The molecule has 0 N–H and O–H groups in total. The molecule has 0 unspecified atom stereocenters. The molecule has 0 aromatic carbocycles. The molecule has 1 aromatic heterocycles. The number of aromatic nitrogens is 2. The molecule has 64 valence electrons. The van der Waals surface area contributed by atoms with Crippen LogP contribution in [0.1, 0.15) is 35.2 Å². The van der Waals surface area contributed by atoms with Gasteiger partial charge < -0.3 is 0 Å². The Morgan fingerprint density at radius 2 is 2.17 bits per heavy atom. The highest BCUT2D eigenvalue weighted by atomic mass is 16.1. The predicted molar refractivity (Wildman–Crippen MR) is 46.1 cm³/mol. The smallest absolute Gasteiger partial charge is 0.182 e. The number of carbonyl (C=O) groups excluding carboxylic acids is 1. The Morgan fingerprint density at radius 1 is 1.50 bits per heavy atom. The van der Waals surface area contributed by atoms with E-state index in [1.165, 1.54) is 0 Å². The van der Waals surface area contributed by atoms with Gasteiger partial charge in [-0.3, -0.25) is 9.78 Å². The van der Waals surface area contributed by atoms with E-state index in [9.17, 15) is 4.79 Å². The zero-order valence-electron chi connectivity index (χ0n) is 7.59. The van der Waals surface area contributed by atoms with Crippen molar-refractivity contribution in [3.63, 3.8) is 0 Å². The molecule has 0 aliphatic heterocycles. The summed E-state index contributed by atoms with van der Waals surface area (Å²) in [5, 5.41) is 0. The van der Waals surface area contributed by atoms with Crippen molar-refractivity contribution in [3.8, 4) is 0 Å². The van der Waals surface area contributed by atoms with Crippen molar-refractivity contribution in [2.45, 2.75) is 27.2 Å². The van der Waals surface area contributed by atoms with Gasteiger partial charge in [-0.1, -0.05) is 6.92 Å². The van der Waals surface area contributed by atoms with Crippen LogP contribution in [0.5, 0.6) is 0 Å². The van der Waals surface area contributed by atoms with Gasteiger partial charge in [0.2, 0.25) is 0 Å². The fraction of sp³-hybridized carbons (Fsp3) is 0.444. The van der Waals surface area contributed by atoms with E-state index in [-0.39, 0.29) is 5.78 Å². The third-order valence-electron chi connectivity index (χ3n) is 1.65. The van der Waals surface area contributed by atoms with Crippen molar-refractivity contribution < 1.29 is 4.79 Å². The van der Waals surface area contributed by atoms with Crippen LogP contribution in [0, 0.1) is 13.8 Å². The quantitative estimate of drug-likeness (QED) is 0.624. The first-order valence-electron chi connectivity index (χ1n) is 3.98. The minimum absolute atomic E-state index is 0.0556. The lowest BCUT2D eigenvalue weighted by atomic mass is 10.2. The maximum absolute atomic E-state index is 11.2. The minimum Gasteiger partial charge on any atom is -0.292 e. The Labute approximate surface area is 71.9 Å². The molecule has 3 heteroatoms. The van der Waals surface area contributed by atoms with Gasteiger partial charge in [-0.15, -0.1) is 0 Å². The number of carbonyl (C=O) groups is 1. The number of rotatable bonds is 2. The van der Waals surface area contributed by atoms with Crippen LogP contribution in [0.15, 0.2) is 6.20 Å². The SMILES string of the molecule is CCC(=O)c1ncc(C)nc1C. The molecule has 0 radical (unpaired) electrons. The molecule has 3 nitrogen and oxygen atoms in total. The summed E-state index contributed by atoms with van der Waals surface area (Å²) in [7, 11) is 0. The third-order valence-corrected chi connectivity index (χ3v) is 1.65. The summed E-state index contributed by atoms with van der Waals surface area (Å²) in [6, 6.07) is 0. The van der Waals surface area contributed by atoms with Crippen molar-refractivity contribution >= 4 is 5.78 Å². The van der Waals surface area contributed by atoms with Crippen LogP contribution in [0.3, 0.4) is 0 Å². The average Bonchev–Trinajstić information content (AvgIpc) is 2.03. The van der Waals surface area contributed by atoms with Crippen LogP contribution in [-0.2, 0) is 0 Å². The first-order chi connectivity index (χ1) is 5.65. The minimum atomic E-state index is 0.0556. The van der Waals surface area contributed by atoms with Gasteiger partial charge in [0.25, 0.3) is 0 Å².